The van der Waals surface area contributed by atoms with E-state index in [1.807, 2.05) is 32.0 Å². The fraction of sp³-hybridized carbons (Fsp3) is 0.462. The van der Waals surface area contributed by atoms with Crippen LogP contribution in [0, 0.1) is 5.92 Å². The molecule has 0 bridgehead atoms. The molecular formula is C13H19ClN2O2. The molecule has 1 aromatic rings. The second-order valence-electron chi connectivity index (χ2n) is 4.49. The van der Waals surface area contributed by atoms with Crippen molar-refractivity contribution in [3.63, 3.8) is 0 Å². The van der Waals surface area contributed by atoms with Crippen molar-refractivity contribution < 1.29 is 9.53 Å². The van der Waals surface area contributed by atoms with Gasteiger partial charge in [0.1, 0.15) is 12.4 Å². The quantitative estimate of drug-likeness (QED) is 0.866. The van der Waals surface area contributed by atoms with Crippen molar-refractivity contribution in [2.24, 2.45) is 5.92 Å². The maximum absolute atomic E-state index is 11.6. The highest BCUT2D eigenvalue weighted by atomic mass is 35.5. The molecule has 0 aliphatic carbocycles. The van der Waals surface area contributed by atoms with Crippen LogP contribution in [0.1, 0.15) is 19.4 Å². The molecule has 100 valence electrons. The average Bonchev–Trinajstić information content (AvgIpc) is 2.53. The van der Waals surface area contributed by atoms with Crippen molar-refractivity contribution in [2.45, 2.75) is 20.4 Å². The predicted molar refractivity (Wildman–Crippen MR) is 74.4 cm³/mol. The third kappa shape index (κ3) is 3.62. The first kappa shape index (κ1) is 14.8. The second-order valence-corrected chi connectivity index (χ2v) is 4.49. The van der Waals surface area contributed by atoms with Gasteiger partial charge in [0.2, 0.25) is 5.91 Å². The number of amides is 1. The van der Waals surface area contributed by atoms with E-state index in [1.165, 1.54) is 0 Å². The molecule has 18 heavy (non-hydrogen) atoms. The van der Waals surface area contributed by atoms with Crippen molar-refractivity contribution in [1.29, 1.82) is 0 Å². The van der Waals surface area contributed by atoms with Crippen LogP contribution in [0.4, 0.5) is 5.69 Å². The SMILES string of the molecule is CC(C)C(=O)Nc1ccc2c(c1)CNCCO2.Cl. The van der Waals surface area contributed by atoms with Crippen LogP contribution in [-0.2, 0) is 11.3 Å². The molecule has 0 saturated heterocycles. The monoisotopic (exact) mass is 270 g/mol. The zero-order valence-corrected chi connectivity index (χ0v) is 11.5. The molecule has 2 N–H and O–H groups in total. The molecular weight excluding hydrogens is 252 g/mol. The Morgan fingerprint density at radius 3 is 2.94 bits per heavy atom. The van der Waals surface area contributed by atoms with E-state index in [0.717, 1.165) is 30.1 Å². The van der Waals surface area contributed by atoms with Crippen molar-refractivity contribution in [3.8, 4) is 5.75 Å². The lowest BCUT2D eigenvalue weighted by Gasteiger charge is -2.11. The fourth-order valence-electron chi connectivity index (χ4n) is 1.68. The molecule has 1 amide bonds. The van der Waals surface area contributed by atoms with Crippen molar-refractivity contribution >= 4 is 24.0 Å². The summed E-state index contributed by atoms with van der Waals surface area (Å²) in [5, 5.41) is 6.16. The molecule has 2 rings (SSSR count). The number of anilines is 1. The first-order valence-electron chi connectivity index (χ1n) is 5.94. The molecule has 0 radical (unpaired) electrons. The van der Waals surface area contributed by atoms with Crippen LogP contribution in [0.3, 0.4) is 0 Å². The van der Waals surface area contributed by atoms with E-state index in [1.54, 1.807) is 0 Å². The van der Waals surface area contributed by atoms with Gasteiger partial charge in [-0.2, -0.15) is 0 Å². The van der Waals surface area contributed by atoms with Crippen LogP contribution in [0.15, 0.2) is 18.2 Å². The summed E-state index contributed by atoms with van der Waals surface area (Å²) in [7, 11) is 0. The molecule has 1 aliphatic heterocycles. The maximum atomic E-state index is 11.6. The van der Waals surface area contributed by atoms with Gasteiger partial charge in [-0.15, -0.1) is 12.4 Å². The largest absolute Gasteiger partial charge is 0.492 e. The van der Waals surface area contributed by atoms with E-state index in [4.69, 9.17) is 4.74 Å². The van der Waals surface area contributed by atoms with E-state index in [9.17, 15) is 4.79 Å². The molecule has 0 atom stereocenters. The molecule has 5 heteroatoms. The molecule has 1 aromatic carbocycles. The molecule has 1 aliphatic rings. The molecule has 0 aromatic heterocycles. The fourth-order valence-corrected chi connectivity index (χ4v) is 1.68. The minimum Gasteiger partial charge on any atom is -0.492 e. The molecule has 0 spiro atoms. The predicted octanol–water partition coefficient (Wildman–Crippen LogP) is 2.18. The van der Waals surface area contributed by atoms with Gasteiger partial charge < -0.3 is 15.4 Å². The summed E-state index contributed by atoms with van der Waals surface area (Å²) in [4.78, 5) is 11.6. The van der Waals surface area contributed by atoms with Crippen LogP contribution in [0.2, 0.25) is 0 Å². The van der Waals surface area contributed by atoms with Crippen LogP contribution in [0.25, 0.3) is 0 Å². The van der Waals surface area contributed by atoms with Crippen molar-refractivity contribution in [1.82, 2.24) is 5.32 Å². The lowest BCUT2D eigenvalue weighted by molar-refractivity contribution is -0.118. The third-order valence-electron chi connectivity index (χ3n) is 2.70. The number of hydrogen-bond donors (Lipinski definition) is 2. The minimum absolute atomic E-state index is 0. The minimum atomic E-state index is -0.0109. The van der Waals surface area contributed by atoms with Crippen LogP contribution in [0.5, 0.6) is 5.75 Å². The first-order chi connectivity index (χ1) is 8.16. The van der Waals surface area contributed by atoms with E-state index in [-0.39, 0.29) is 24.2 Å². The highest BCUT2D eigenvalue weighted by Crippen LogP contribution is 2.24. The maximum Gasteiger partial charge on any atom is 0.226 e. The van der Waals surface area contributed by atoms with Gasteiger partial charge in [0.05, 0.1) is 0 Å². The normalized spacial score (nSPS) is 13.9. The summed E-state index contributed by atoms with van der Waals surface area (Å²) < 4.78 is 5.58. The van der Waals surface area contributed by atoms with Crippen LogP contribution >= 0.6 is 12.4 Å². The summed E-state index contributed by atoms with van der Waals surface area (Å²) in [5.41, 5.74) is 1.92. The van der Waals surface area contributed by atoms with E-state index in [0.29, 0.717) is 6.61 Å². The topological polar surface area (TPSA) is 50.4 Å². The van der Waals surface area contributed by atoms with Gasteiger partial charge in [0, 0.05) is 30.3 Å². The third-order valence-corrected chi connectivity index (χ3v) is 2.70. The van der Waals surface area contributed by atoms with Crippen LogP contribution < -0.4 is 15.4 Å². The summed E-state index contributed by atoms with van der Waals surface area (Å²) in [6.45, 7) is 6.07. The Balaban J connectivity index is 0.00000162. The Bertz CT molecular complexity index is 421. The number of benzene rings is 1. The Labute approximate surface area is 114 Å². The zero-order chi connectivity index (χ0) is 12.3. The summed E-state index contributed by atoms with van der Waals surface area (Å²) in [6.07, 6.45) is 0. The standard InChI is InChI=1S/C13H18N2O2.ClH/c1-9(2)13(16)15-11-3-4-12-10(7-11)8-14-5-6-17-12;/h3-4,7,9,14H,5-6,8H2,1-2H3,(H,15,16);1H. The van der Waals surface area contributed by atoms with Gasteiger partial charge in [-0.1, -0.05) is 13.8 Å². The number of nitrogens with one attached hydrogen (secondary N) is 2. The molecule has 0 fully saturated rings. The highest BCUT2D eigenvalue weighted by molar-refractivity contribution is 5.92. The van der Waals surface area contributed by atoms with E-state index < -0.39 is 0 Å². The molecule has 4 nitrogen and oxygen atoms in total. The van der Waals surface area contributed by atoms with Gasteiger partial charge in [-0.3, -0.25) is 4.79 Å². The Morgan fingerprint density at radius 1 is 1.44 bits per heavy atom. The Morgan fingerprint density at radius 2 is 2.22 bits per heavy atom. The second kappa shape index (κ2) is 6.61. The summed E-state index contributed by atoms with van der Waals surface area (Å²) >= 11 is 0. The number of ether oxygens (including phenoxy) is 1. The van der Waals surface area contributed by atoms with Gasteiger partial charge in [0.25, 0.3) is 0 Å². The van der Waals surface area contributed by atoms with Gasteiger partial charge >= 0.3 is 0 Å². The van der Waals surface area contributed by atoms with Gasteiger partial charge in [-0.25, -0.2) is 0 Å². The zero-order valence-electron chi connectivity index (χ0n) is 10.7. The number of carbonyl (C=O) groups excluding carboxylic acids is 1. The molecule has 0 unspecified atom stereocenters. The van der Waals surface area contributed by atoms with Crippen LogP contribution in [-0.4, -0.2) is 19.1 Å². The lowest BCUT2D eigenvalue weighted by atomic mass is 10.1. The smallest absolute Gasteiger partial charge is 0.226 e. The summed E-state index contributed by atoms with van der Waals surface area (Å²) in [6, 6.07) is 5.76. The Hall–Kier alpha value is -1.26. The first-order valence-corrected chi connectivity index (χ1v) is 5.94. The van der Waals surface area contributed by atoms with Crippen molar-refractivity contribution in [3.05, 3.63) is 23.8 Å². The highest BCUT2D eigenvalue weighted by Gasteiger charge is 2.11. The lowest BCUT2D eigenvalue weighted by Crippen LogP contribution is -2.18. The Kier molecular flexibility index (Phi) is 5.44. The van der Waals surface area contributed by atoms with Crippen molar-refractivity contribution in [2.75, 3.05) is 18.5 Å². The summed E-state index contributed by atoms with van der Waals surface area (Å²) in [5.74, 6) is 0.924. The van der Waals surface area contributed by atoms with Gasteiger partial charge in [-0.05, 0) is 18.2 Å². The number of carbonyl (C=O) groups is 1. The number of hydrogen-bond acceptors (Lipinski definition) is 3. The van der Waals surface area contributed by atoms with E-state index in [2.05, 4.69) is 10.6 Å². The number of rotatable bonds is 2. The number of fused-ring (bicyclic) bond motifs is 1. The van der Waals surface area contributed by atoms with Gasteiger partial charge in [0.15, 0.2) is 0 Å². The number of halogens is 1. The molecule has 0 saturated carbocycles. The average molecular weight is 271 g/mol. The molecule has 1 heterocycles. The van der Waals surface area contributed by atoms with E-state index >= 15 is 0 Å².